The third kappa shape index (κ3) is 3.07. The molecular formula is C14H19NO2. The quantitative estimate of drug-likeness (QED) is 0.858. The van der Waals surface area contributed by atoms with E-state index in [1.54, 1.807) is 0 Å². The lowest BCUT2D eigenvalue weighted by molar-refractivity contribution is -0.136. The summed E-state index contributed by atoms with van der Waals surface area (Å²) in [6.07, 6.45) is 3.41. The van der Waals surface area contributed by atoms with Crippen molar-refractivity contribution in [1.29, 1.82) is 0 Å². The van der Waals surface area contributed by atoms with Gasteiger partial charge >= 0.3 is 0 Å². The number of carbonyl (C=O) groups excluding carboxylic acids is 1. The number of hydrogen-bond donors (Lipinski definition) is 1. The van der Waals surface area contributed by atoms with Crippen LogP contribution in [0.5, 0.6) is 0 Å². The molecule has 2 rings (SSSR count). The molecule has 0 aromatic heterocycles. The Kier molecular flexibility index (Phi) is 4.15. The van der Waals surface area contributed by atoms with Crippen LogP contribution < -0.4 is 0 Å². The molecule has 1 amide bonds. The molecule has 1 aliphatic heterocycles. The second-order valence-electron chi connectivity index (χ2n) is 4.57. The summed E-state index contributed by atoms with van der Waals surface area (Å²) in [7, 11) is 0. The summed E-state index contributed by atoms with van der Waals surface area (Å²) in [5.74, 6) is 0.186. The zero-order valence-electron chi connectivity index (χ0n) is 10.0. The topological polar surface area (TPSA) is 40.5 Å². The highest BCUT2D eigenvalue weighted by Gasteiger charge is 2.25. The number of hydrogen-bond acceptors (Lipinski definition) is 2. The van der Waals surface area contributed by atoms with E-state index in [9.17, 15) is 9.90 Å². The van der Waals surface area contributed by atoms with Crippen molar-refractivity contribution in [3.8, 4) is 0 Å². The smallest absolute Gasteiger partial charge is 0.222 e. The lowest BCUT2D eigenvalue weighted by Crippen LogP contribution is -2.46. The number of benzene rings is 1. The first kappa shape index (κ1) is 12.1. The first-order chi connectivity index (χ1) is 8.31. The Bertz CT molecular complexity index is 364. The molecule has 1 N–H and O–H groups in total. The van der Waals surface area contributed by atoms with Crippen LogP contribution in [0.4, 0.5) is 0 Å². The van der Waals surface area contributed by atoms with Gasteiger partial charge in [0.25, 0.3) is 0 Å². The number of aliphatic hydroxyl groups excluding tert-OH is 1. The van der Waals surface area contributed by atoms with Gasteiger partial charge in [0.05, 0.1) is 12.6 Å². The van der Waals surface area contributed by atoms with Crippen LogP contribution in [0.25, 0.3) is 0 Å². The van der Waals surface area contributed by atoms with Crippen molar-refractivity contribution < 1.29 is 9.90 Å². The van der Waals surface area contributed by atoms with E-state index in [-0.39, 0.29) is 18.6 Å². The number of likely N-dealkylation sites (tertiary alicyclic amines) is 1. The van der Waals surface area contributed by atoms with Crippen LogP contribution in [-0.2, 0) is 11.2 Å². The van der Waals surface area contributed by atoms with Crippen molar-refractivity contribution in [2.75, 3.05) is 13.2 Å². The minimum Gasteiger partial charge on any atom is -0.394 e. The second kappa shape index (κ2) is 5.82. The number of nitrogens with zero attached hydrogens (tertiary/aromatic N) is 1. The summed E-state index contributed by atoms with van der Waals surface area (Å²) in [6, 6.07) is 9.96. The predicted molar refractivity (Wildman–Crippen MR) is 66.6 cm³/mol. The van der Waals surface area contributed by atoms with Gasteiger partial charge in [-0.1, -0.05) is 30.3 Å². The molecule has 1 saturated heterocycles. The molecule has 1 fully saturated rings. The minimum atomic E-state index is -0.0646. The number of amides is 1. The average Bonchev–Trinajstić information content (AvgIpc) is 2.38. The zero-order valence-corrected chi connectivity index (χ0v) is 10.0. The molecule has 17 heavy (non-hydrogen) atoms. The van der Waals surface area contributed by atoms with Crippen LogP contribution in [0.1, 0.15) is 24.8 Å². The Morgan fingerprint density at radius 1 is 1.24 bits per heavy atom. The van der Waals surface area contributed by atoms with Gasteiger partial charge in [-0.2, -0.15) is 0 Å². The van der Waals surface area contributed by atoms with Crippen molar-refractivity contribution in [1.82, 2.24) is 4.90 Å². The van der Waals surface area contributed by atoms with Gasteiger partial charge in [0.2, 0.25) is 5.91 Å². The fourth-order valence-corrected chi connectivity index (χ4v) is 2.37. The number of aliphatic hydroxyl groups is 1. The van der Waals surface area contributed by atoms with E-state index >= 15 is 0 Å². The Labute approximate surface area is 102 Å². The van der Waals surface area contributed by atoms with Gasteiger partial charge < -0.3 is 10.0 Å². The number of piperidine rings is 1. The summed E-state index contributed by atoms with van der Waals surface area (Å²) in [5, 5.41) is 9.46. The Hall–Kier alpha value is -1.35. The number of carbonyl (C=O) groups is 1. The number of rotatable bonds is 4. The molecule has 1 atom stereocenters. The van der Waals surface area contributed by atoms with Crippen molar-refractivity contribution >= 4 is 5.91 Å². The van der Waals surface area contributed by atoms with Crippen LogP contribution in [0.2, 0.25) is 0 Å². The van der Waals surface area contributed by atoms with Crippen molar-refractivity contribution in [3.63, 3.8) is 0 Å². The molecule has 0 radical (unpaired) electrons. The molecule has 1 heterocycles. The zero-order chi connectivity index (χ0) is 12.1. The summed E-state index contributed by atoms with van der Waals surface area (Å²) < 4.78 is 0. The first-order valence-corrected chi connectivity index (χ1v) is 6.25. The maximum absolute atomic E-state index is 11.8. The standard InChI is InChI=1S/C14H19NO2/c16-11-13(10-12-6-2-1-3-7-12)15-9-5-4-8-14(15)17/h1-3,6-7,13,16H,4-5,8-11H2/t13-/m1/s1. The highest BCUT2D eigenvalue weighted by Crippen LogP contribution is 2.16. The molecule has 3 nitrogen and oxygen atoms in total. The summed E-state index contributed by atoms with van der Waals surface area (Å²) in [6.45, 7) is 0.831. The van der Waals surface area contributed by atoms with Crippen LogP contribution in [0.15, 0.2) is 30.3 Å². The molecule has 0 bridgehead atoms. The van der Waals surface area contributed by atoms with E-state index in [4.69, 9.17) is 0 Å². The summed E-state index contributed by atoms with van der Waals surface area (Å²) in [5.41, 5.74) is 1.17. The highest BCUT2D eigenvalue weighted by atomic mass is 16.3. The van der Waals surface area contributed by atoms with Crippen molar-refractivity contribution in [2.45, 2.75) is 31.7 Å². The van der Waals surface area contributed by atoms with Gasteiger partial charge in [-0.3, -0.25) is 4.79 Å². The fraction of sp³-hybridized carbons (Fsp3) is 0.500. The largest absolute Gasteiger partial charge is 0.394 e. The molecule has 0 unspecified atom stereocenters. The average molecular weight is 233 g/mol. The van der Waals surface area contributed by atoms with E-state index in [1.807, 2.05) is 35.2 Å². The van der Waals surface area contributed by atoms with Crippen LogP contribution >= 0.6 is 0 Å². The Morgan fingerprint density at radius 2 is 2.00 bits per heavy atom. The van der Waals surface area contributed by atoms with E-state index < -0.39 is 0 Å². The van der Waals surface area contributed by atoms with Gasteiger partial charge in [0.1, 0.15) is 0 Å². The maximum Gasteiger partial charge on any atom is 0.222 e. The van der Waals surface area contributed by atoms with Gasteiger partial charge in [0, 0.05) is 13.0 Å². The third-order valence-corrected chi connectivity index (χ3v) is 3.33. The summed E-state index contributed by atoms with van der Waals surface area (Å²) in [4.78, 5) is 13.6. The van der Waals surface area contributed by atoms with Gasteiger partial charge in [0.15, 0.2) is 0 Å². The van der Waals surface area contributed by atoms with Crippen LogP contribution in [0.3, 0.4) is 0 Å². The molecule has 0 aliphatic carbocycles. The lowest BCUT2D eigenvalue weighted by atomic mass is 10.0. The van der Waals surface area contributed by atoms with Crippen LogP contribution in [-0.4, -0.2) is 35.1 Å². The molecule has 0 spiro atoms. The second-order valence-corrected chi connectivity index (χ2v) is 4.57. The van der Waals surface area contributed by atoms with Crippen molar-refractivity contribution in [3.05, 3.63) is 35.9 Å². The molecule has 1 aliphatic rings. The van der Waals surface area contributed by atoms with E-state index in [1.165, 1.54) is 5.56 Å². The highest BCUT2D eigenvalue weighted by molar-refractivity contribution is 5.77. The van der Waals surface area contributed by atoms with E-state index in [2.05, 4.69) is 0 Å². The lowest BCUT2D eigenvalue weighted by Gasteiger charge is -2.33. The Morgan fingerprint density at radius 3 is 2.65 bits per heavy atom. The van der Waals surface area contributed by atoms with Gasteiger partial charge in [-0.25, -0.2) is 0 Å². The first-order valence-electron chi connectivity index (χ1n) is 6.25. The minimum absolute atomic E-state index is 0.0423. The van der Waals surface area contributed by atoms with E-state index in [0.717, 1.165) is 25.8 Å². The Balaban J connectivity index is 2.03. The third-order valence-electron chi connectivity index (χ3n) is 3.33. The van der Waals surface area contributed by atoms with Gasteiger partial charge in [-0.05, 0) is 24.8 Å². The van der Waals surface area contributed by atoms with E-state index in [0.29, 0.717) is 6.42 Å². The SMILES string of the molecule is O=C1CCCCN1[C@@H](CO)Cc1ccccc1. The molecule has 92 valence electrons. The molecular weight excluding hydrogens is 214 g/mol. The van der Waals surface area contributed by atoms with Gasteiger partial charge in [-0.15, -0.1) is 0 Å². The molecule has 0 saturated carbocycles. The normalized spacial score (nSPS) is 18.2. The van der Waals surface area contributed by atoms with Crippen LogP contribution in [0, 0.1) is 0 Å². The predicted octanol–water partition coefficient (Wildman–Crippen LogP) is 1.60. The fourth-order valence-electron chi connectivity index (χ4n) is 2.37. The molecule has 1 aromatic rings. The maximum atomic E-state index is 11.8. The molecule has 1 aromatic carbocycles. The monoisotopic (exact) mass is 233 g/mol. The molecule has 3 heteroatoms. The van der Waals surface area contributed by atoms with Crippen molar-refractivity contribution in [2.24, 2.45) is 0 Å². The summed E-state index contributed by atoms with van der Waals surface area (Å²) >= 11 is 0.